The third-order valence-corrected chi connectivity index (χ3v) is 4.44. The van der Waals surface area contributed by atoms with Crippen molar-refractivity contribution in [2.24, 2.45) is 0 Å². The Hall–Kier alpha value is -1.05. The summed E-state index contributed by atoms with van der Waals surface area (Å²) >= 11 is 0. The number of rotatable bonds is 3. The third kappa shape index (κ3) is 2.85. The second-order valence-electron chi connectivity index (χ2n) is 4.37. The van der Waals surface area contributed by atoms with E-state index >= 15 is 0 Å². The van der Waals surface area contributed by atoms with E-state index in [2.05, 4.69) is 9.71 Å². The molecule has 2 atom stereocenters. The fraction of sp³-hybridized carbons (Fsp3) is 0.545. The Morgan fingerprint density at radius 3 is 2.78 bits per heavy atom. The lowest BCUT2D eigenvalue weighted by atomic mass is 9.93. The van der Waals surface area contributed by atoms with E-state index in [1.54, 1.807) is 0 Å². The molecule has 1 aromatic rings. The van der Waals surface area contributed by atoms with Crippen LogP contribution in [0, 0.1) is 5.82 Å². The van der Waals surface area contributed by atoms with Gasteiger partial charge in [-0.2, -0.15) is 0 Å². The number of aliphatic hydroxyl groups excluding tert-OH is 1. The van der Waals surface area contributed by atoms with Gasteiger partial charge in [-0.25, -0.2) is 22.5 Å². The average molecular weight is 274 g/mol. The molecule has 2 rings (SSSR count). The second-order valence-corrected chi connectivity index (χ2v) is 6.00. The molecule has 0 radical (unpaired) electrons. The van der Waals surface area contributed by atoms with Gasteiger partial charge in [-0.1, -0.05) is 12.8 Å². The van der Waals surface area contributed by atoms with Crippen LogP contribution >= 0.6 is 0 Å². The summed E-state index contributed by atoms with van der Waals surface area (Å²) in [4.78, 5) is 3.53. The standard InChI is InChI=1S/C11H15FN2O3S/c12-8-4-3-7-13-11(8)18(16,17)14-9-5-1-2-6-10(9)15/h3-4,7,9-10,14-15H,1-2,5-6H2/t9-,10-/m0/s1. The molecule has 1 heterocycles. The largest absolute Gasteiger partial charge is 0.391 e. The highest BCUT2D eigenvalue weighted by molar-refractivity contribution is 7.89. The Morgan fingerprint density at radius 1 is 1.39 bits per heavy atom. The van der Waals surface area contributed by atoms with Crippen molar-refractivity contribution in [3.63, 3.8) is 0 Å². The minimum Gasteiger partial charge on any atom is -0.391 e. The monoisotopic (exact) mass is 274 g/mol. The molecule has 1 aliphatic rings. The minimum atomic E-state index is -4.02. The van der Waals surface area contributed by atoms with Crippen molar-refractivity contribution in [1.82, 2.24) is 9.71 Å². The SMILES string of the molecule is O=S(=O)(N[C@H]1CCCC[C@@H]1O)c1ncccc1F. The third-order valence-electron chi connectivity index (χ3n) is 3.02. The molecule has 0 bridgehead atoms. The molecule has 0 spiro atoms. The molecule has 0 aromatic carbocycles. The van der Waals surface area contributed by atoms with Gasteiger partial charge in [-0.15, -0.1) is 0 Å². The molecule has 1 aliphatic carbocycles. The van der Waals surface area contributed by atoms with Crippen molar-refractivity contribution in [2.75, 3.05) is 0 Å². The Labute approximate surface area is 105 Å². The number of aromatic nitrogens is 1. The fourth-order valence-electron chi connectivity index (χ4n) is 2.07. The summed E-state index contributed by atoms with van der Waals surface area (Å²) in [5.41, 5.74) is 0. The zero-order valence-corrected chi connectivity index (χ0v) is 10.5. The van der Waals surface area contributed by atoms with Crippen molar-refractivity contribution >= 4 is 10.0 Å². The lowest BCUT2D eigenvalue weighted by Crippen LogP contribution is -2.45. The van der Waals surface area contributed by atoms with Gasteiger partial charge in [0, 0.05) is 12.2 Å². The number of hydrogen-bond acceptors (Lipinski definition) is 4. The van der Waals surface area contributed by atoms with Crippen molar-refractivity contribution in [3.05, 3.63) is 24.1 Å². The molecule has 0 saturated heterocycles. The Balaban J connectivity index is 2.19. The van der Waals surface area contributed by atoms with Crippen LogP contribution in [0.1, 0.15) is 25.7 Å². The van der Waals surface area contributed by atoms with Gasteiger partial charge < -0.3 is 5.11 Å². The lowest BCUT2D eigenvalue weighted by molar-refractivity contribution is 0.101. The van der Waals surface area contributed by atoms with E-state index in [0.717, 1.165) is 18.9 Å². The number of nitrogens with zero attached hydrogens (tertiary/aromatic N) is 1. The highest BCUT2D eigenvalue weighted by atomic mass is 32.2. The quantitative estimate of drug-likeness (QED) is 0.854. The van der Waals surface area contributed by atoms with Crippen molar-refractivity contribution in [3.8, 4) is 0 Å². The maximum Gasteiger partial charge on any atom is 0.261 e. The van der Waals surface area contributed by atoms with Crippen LogP contribution in [-0.2, 0) is 10.0 Å². The van der Waals surface area contributed by atoms with Gasteiger partial charge in [-0.05, 0) is 25.0 Å². The number of aliphatic hydroxyl groups is 1. The number of hydrogen-bond donors (Lipinski definition) is 2. The number of halogens is 1. The van der Waals surface area contributed by atoms with Crippen LogP contribution in [0.5, 0.6) is 0 Å². The van der Waals surface area contributed by atoms with Crippen molar-refractivity contribution in [1.29, 1.82) is 0 Å². The Morgan fingerprint density at radius 2 is 2.11 bits per heavy atom. The summed E-state index contributed by atoms with van der Waals surface area (Å²) in [6.45, 7) is 0. The van der Waals surface area contributed by atoms with E-state index < -0.39 is 33.0 Å². The van der Waals surface area contributed by atoms with E-state index in [1.165, 1.54) is 12.3 Å². The molecule has 100 valence electrons. The van der Waals surface area contributed by atoms with Crippen LogP contribution < -0.4 is 4.72 Å². The molecule has 0 aliphatic heterocycles. The molecule has 7 heteroatoms. The van der Waals surface area contributed by atoms with E-state index in [9.17, 15) is 17.9 Å². The van der Waals surface area contributed by atoms with E-state index in [1.807, 2.05) is 0 Å². The molecule has 2 N–H and O–H groups in total. The van der Waals surface area contributed by atoms with E-state index in [4.69, 9.17) is 0 Å². The van der Waals surface area contributed by atoms with E-state index in [-0.39, 0.29) is 0 Å². The molecule has 1 fully saturated rings. The van der Waals surface area contributed by atoms with Crippen LogP contribution in [0.3, 0.4) is 0 Å². The molecule has 1 saturated carbocycles. The normalized spacial score (nSPS) is 25.0. The van der Waals surface area contributed by atoms with Crippen LogP contribution in [-0.4, -0.2) is 30.7 Å². The molecular weight excluding hydrogens is 259 g/mol. The highest BCUT2D eigenvalue weighted by Crippen LogP contribution is 2.20. The Bertz CT molecular complexity index is 521. The average Bonchev–Trinajstić information content (AvgIpc) is 2.32. The van der Waals surface area contributed by atoms with Gasteiger partial charge in [0.15, 0.2) is 5.82 Å². The maximum atomic E-state index is 13.4. The summed E-state index contributed by atoms with van der Waals surface area (Å²) < 4.78 is 39.6. The highest BCUT2D eigenvalue weighted by Gasteiger charge is 2.30. The molecule has 1 aromatic heterocycles. The smallest absolute Gasteiger partial charge is 0.261 e. The first-order valence-corrected chi connectivity index (χ1v) is 7.30. The van der Waals surface area contributed by atoms with Gasteiger partial charge >= 0.3 is 0 Å². The van der Waals surface area contributed by atoms with Crippen LogP contribution in [0.25, 0.3) is 0 Å². The van der Waals surface area contributed by atoms with Crippen LogP contribution in [0.4, 0.5) is 4.39 Å². The molecule has 18 heavy (non-hydrogen) atoms. The molecular formula is C11H15FN2O3S. The van der Waals surface area contributed by atoms with Crippen molar-refractivity contribution < 1.29 is 17.9 Å². The van der Waals surface area contributed by atoms with Gasteiger partial charge in [0.25, 0.3) is 10.0 Å². The van der Waals surface area contributed by atoms with Crippen molar-refractivity contribution in [2.45, 2.75) is 42.9 Å². The summed E-state index contributed by atoms with van der Waals surface area (Å²) in [7, 11) is -4.02. The lowest BCUT2D eigenvalue weighted by Gasteiger charge is -2.27. The molecule has 0 unspecified atom stereocenters. The summed E-state index contributed by atoms with van der Waals surface area (Å²) in [6.07, 6.45) is 3.31. The van der Waals surface area contributed by atoms with Gasteiger partial charge in [0.1, 0.15) is 0 Å². The zero-order valence-electron chi connectivity index (χ0n) is 9.71. The molecule has 5 nitrogen and oxygen atoms in total. The zero-order chi connectivity index (χ0) is 13.2. The topological polar surface area (TPSA) is 79.3 Å². The fourth-order valence-corrected chi connectivity index (χ4v) is 3.38. The minimum absolute atomic E-state index is 0.550. The molecule has 0 amide bonds. The van der Waals surface area contributed by atoms with E-state index in [0.29, 0.717) is 12.8 Å². The van der Waals surface area contributed by atoms with Crippen LogP contribution in [0.15, 0.2) is 23.4 Å². The number of sulfonamides is 1. The summed E-state index contributed by atoms with van der Waals surface area (Å²) in [5, 5.41) is 9.08. The van der Waals surface area contributed by atoms with Crippen LogP contribution in [0.2, 0.25) is 0 Å². The summed E-state index contributed by atoms with van der Waals surface area (Å²) in [5.74, 6) is -0.893. The second kappa shape index (κ2) is 5.29. The first-order valence-electron chi connectivity index (χ1n) is 5.81. The number of pyridine rings is 1. The predicted molar refractivity (Wildman–Crippen MR) is 62.8 cm³/mol. The van der Waals surface area contributed by atoms with Gasteiger partial charge in [-0.3, -0.25) is 0 Å². The summed E-state index contributed by atoms with van der Waals surface area (Å²) in [6, 6.07) is 1.80. The van der Waals surface area contributed by atoms with Gasteiger partial charge in [0.2, 0.25) is 5.03 Å². The first kappa shape index (κ1) is 13.4. The van der Waals surface area contributed by atoms with Gasteiger partial charge in [0.05, 0.1) is 6.10 Å². The first-order chi connectivity index (χ1) is 8.50. The maximum absolute atomic E-state index is 13.4. The number of nitrogens with one attached hydrogen (secondary N) is 1. The predicted octanol–water partition coefficient (Wildman–Crippen LogP) is 0.802. The Kier molecular flexibility index (Phi) is 3.94.